The summed E-state index contributed by atoms with van der Waals surface area (Å²) >= 11 is 1.36. The van der Waals surface area contributed by atoms with Gasteiger partial charge in [0.15, 0.2) is 5.69 Å². The molecule has 0 aromatic carbocycles. The lowest BCUT2D eigenvalue weighted by Gasteiger charge is -2.13. The second-order valence-electron chi connectivity index (χ2n) is 3.97. The van der Waals surface area contributed by atoms with Crippen molar-refractivity contribution in [2.24, 2.45) is 5.92 Å². The predicted molar refractivity (Wildman–Crippen MR) is 62.8 cm³/mol. The van der Waals surface area contributed by atoms with Crippen molar-refractivity contribution in [3.05, 3.63) is 16.6 Å². The van der Waals surface area contributed by atoms with Gasteiger partial charge in [-0.05, 0) is 6.92 Å². The number of hydrogen-bond donors (Lipinski definition) is 0. The van der Waals surface area contributed by atoms with Gasteiger partial charge in [-0.2, -0.15) is 0 Å². The third-order valence-corrected chi connectivity index (χ3v) is 3.35. The fourth-order valence-electron chi connectivity index (χ4n) is 1.85. The summed E-state index contributed by atoms with van der Waals surface area (Å²) in [5, 5.41) is 1.65. The first-order chi connectivity index (χ1) is 8.20. The molecule has 0 bridgehead atoms. The largest absolute Gasteiger partial charge is 0.461 e. The summed E-state index contributed by atoms with van der Waals surface area (Å²) in [6.45, 7) is 3.63. The third kappa shape index (κ3) is 2.82. The molecule has 92 valence electrons. The van der Waals surface area contributed by atoms with Crippen LogP contribution in [0, 0.1) is 5.92 Å². The average Bonchev–Trinajstić information content (AvgIpc) is 2.95. The third-order valence-electron chi connectivity index (χ3n) is 2.77. The highest BCUT2D eigenvalue weighted by molar-refractivity contribution is 7.07. The number of carbonyl (C=O) groups excluding carboxylic acids is 2. The Bertz CT molecular complexity index is 405. The first-order valence-electron chi connectivity index (χ1n) is 5.53. The molecule has 2 rings (SSSR count). The van der Waals surface area contributed by atoms with Crippen molar-refractivity contribution < 1.29 is 14.3 Å². The molecule has 1 fully saturated rings. The Morgan fingerprint density at radius 2 is 2.53 bits per heavy atom. The predicted octanol–water partition coefficient (Wildman–Crippen LogP) is 1.17. The van der Waals surface area contributed by atoms with Crippen molar-refractivity contribution in [2.45, 2.75) is 13.3 Å². The van der Waals surface area contributed by atoms with Crippen LogP contribution in [0.1, 0.15) is 23.8 Å². The minimum atomic E-state index is -0.409. The molecular weight excluding hydrogens is 240 g/mol. The van der Waals surface area contributed by atoms with Crippen LogP contribution in [0.25, 0.3) is 0 Å². The fraction of sp³-hybridized carbons (Fsp3) is 0.545. The number of nitrogens with zero attached hydrogens (tertiary/aromatic N) is 2. The maximum Gasteiger partial charge on any atom is 0.357 e. The van der Waals surface area contributed by atoms with Crippen LogP contribution in [0.15, 0.2) is 10.9 Å². The van der Waals surface area contributed by atoms with Crippen molar-refractivity contribution in [2.75, 3.05) is 19.7 Å². The molecule has 0 N–H and O–H groups in total. The van der Waals surface area contributed by atoms with E-state index in [1.54, 1.807) is 15.8 Å². The number of likely N-dealkylation sites (tertiary alicyclic amines) is 1. The van der Waals surface area contributed by atoms with E-state index < -0.39 is 5.97 Å². The standard InChI is InChI=1S/C11H14N2O3S/c1-2-13-4-8(3-10(13)14)5-16-11(15)9-6-17-7-12-9/h6-8H,2-5H2,1H3/t8-/m0/s1. The molecule has 0 saturated carbocycles. The quantitative estimate of drug-likeness (QED) is 0.757. The number of ether oxygens (including phenoxy) is 1. The zero-order chi connectivity index (χ0) is 12.3. The van der Waals surface area contributed by atoms with E-state index in [-0.39, 0.29) is 11.8 Å². The first-order valence-corrected chi connectivity index (χ1v) is 6.48. The first kappa shape index (κ1) is 12.0. The monoisotopic (exact) mass is 254 g/mol. The molecular formula is C11H14N2O3S. The van der Waals surface area contributed by atoms with Gasteiger partial charge in [0.2, 0.25) is 5.91 Å². The molecule has 17 heavy (non-hydrogen) atoms. The van der Waals surface area contributed by atoms with Crippen LogP contribution < -0.4 is 0 Å². The van der Waals surface area contributed by atoms with Gasteiger partial charge < -0.3 is 9.64 Å². The van der Waals surface area contributed by atoms with E-state index in [1.165, 1.54) is 11.3 Å². The van der Waals surface area contributed by atoms with Crippen molar-refractivity contribution in [3.63, 3.8) is 0 Å². The fourth-order valence-corrected chi connectivity index (χ4v) is 2.37. The van der Waals surface area contributed by atoms with Crippen LogP contribution in [0.3, 0.4) is 0 Å². The Labute approximate surface area is 103 Å². The van der Waals surface area contributed by atoms with Crippen molar-refractivity contribution in [3.8, 4) is 0 Å². The molecule has 1 saturated heterocycles. The van der Waals surface area contributed by atoms with E-state index in [0.29, 0.717) is 25.3 Å². The molecule has 6 heteroatoms. The van der Waals surface area contributed by atoms with Crippen molar-refractivity contribution in [1.29, 1.82) is 0 Å². The Hall–Kier alpha value is -1.43. The normalized spacial score (nSPS) is 19.7. The van der Waals surface area contributed by atoms with Crippen LogP contribution in [-0.2, 0) is 9.53 Å². The highest BCUT2D eigenvalue weighted by Crippen LogP contribution is 2.18. The summed E-state index contributed by atoms with van der Waals surface area (Å²) in [5.41, 5.74) is 1.93. The lowest BCUT2D eigenvalue weighted by molar-refractivity contribution is -0.127. The number of amides is 1. The number of hydrogen-bond acceptors (Lipinski definition) is 5. The molecule has 1 atom stereocenters. The number of esters is 1. The van der Waals surface area contributed by atoms with E-state index in [1.807, 2.05) is 6.92 Å². The molecule has 1 aromatic heterocycles. The summed E-state index contributed by atoms with van der Waals surface area (Å²) in [6, 6.07) is 0. The molecule has 1 aliphatic rings. The lowest BCUT2D eigenvalue weighted by Crippen LogP contribution is -2.25. The minimum absolute atomic E-state index is 0.116. The molecule has 0 radical (unpaired) electrons. The smallest absolute Gasteiger partial charge is 0.357 e. The Morgan fingerprint density at radius 1 is 1.71 bits per heavy atom. The average molecular weight is 254 g/mol. The van der Waals surface area contributed by atoms with E-state index in [4.69, 9.17) is 4.74 Å². The van der Waals surface area contributed by atoms with Crippen LogP contribution in [-0.4, -0.2) is 41.5 Å². The molecule has 1 aliphatic heterocycles. The summed E-state index contributed by atoms with van der Waals surface area (Å²) < 4.78 is 5.14. The maximum atomic E-state index is 11.5. The molecule has 1 amide bonds. The molecule has 1 aromatic rings. The maximum absolute atomic E-state index is 11.5. The van der Waals surface area contributed by atoms with E-state index >= 15 is 0 Å². The van der Waals surface area contributed by atoms with E-state index in [9.17, 15) is 9.59 Å². The van der Waals surface area contributed by atoms with Crippen LogP contribution >= 0.6 is 11.3 Å². The Balaban J connectivity index is 1.80. The van der Waals surface area contributed by atoms with Gasteiger partial charge in [0.1, 0.15) is 0 Å². The number of aromatic nitrogens is 1. The highest BCUT2D eigenvalue weighted by atomic mass is 32.1. The van der Waals surface area contributed by atoms with Gasteiger partial charge in [0.25, 0.3) is 0 Å². The van der Waals surface area contributed by atoms with Gasteiger partial charge in [0.05, 0.1) is 12.1 Å². The topological polar surface area (TPSA) is 59.5 Å². The summed E-state index contributed by atoms with van der Waals surface area (Å²) in [6.07, 6.45) is 0.470. The van der Waals surface area contributed by atoms with Gasteiger partial charge in [-0.1, -0.05) is 0 Å². The summed E-state index contributed by atoms with van der Waals surface area (Å²) in [5.74, 6) is -0.152. The lowest BCUT2D eigenvalue weighted by atomic mass is 10.1. The van der Waals surface area contributed by atoms with E-state index in [0.717, 1.165) is 6.54 Å². The Kier molecular flexibility index (Phi) is 3.73. The van der Waals surface area contributed by atoms with Gasteiger partial charge in [0, 0.05) is 30.8 Å². The van der Waals surface area contributed by atoms with E-state index in [2.05, 4.69) is 4.98 Å². The van der Waals surface area contributed by atoms with Gasteiger partial charge in [-0.25, -0.2) is 9.78 Å². The number of thiazole rings is 1. The summed E-state index contributed by atoms with van der Waals surface area (Å²) in [7, 11) is 0. The zero-order valence-electron chi connectivity index (χ0n) is 9.59. The second-order valence-corrected chi connectivity index (χ2v) is 4.69. The van der Waals surface area contributed by atoms with Gasteiger partial charge in [-0.15, -0.1) is 11.3 Å². The number of carbonyl (C=O) groups is 2. The van der Waals surface area contributed by atoms with Crippen molar-refractivity contribution in [1.82, 2.24) is 9.88 Å². The van der Waals surface area contributed by atoms with Gasteiger partial charge >= 0.3 is 5.97 Å². The van der Waals surface area contributed by atoms with Gasteiger partial charge in [-0.3, -0.25) is 4.79 Å². The van der Waals surface area contributed by atoms with Crippen LogP contribution in [0.5, 0.6) is 0 Å². The molecule has 0 unspecified atom stereocenters. The zero-order valence-corrected chi connectivity index (χ0v) is 10.4. The Morgan fingerprint density at radius 3 is 3.12 bits per heavy atom. The molecule has 0 spiro atoms. The minimum Gasteiger partial charge on any atom is -0.461 e. The number of rotatable bonds is 4. The molecule has 5 nitrogen and oxygen atoms in total. The molecule has 2 heterocycles. The highest BCUT2D eigenvalue weighted by Gasteiger charge is 2.29. The van der Waals surface area contributed by atoms with Crippen LogP contribution in [0.2, 0.25) is 0 Å². The summed E-state index contributed by atoms with van der Waals surface area (Å²) in [4.78, 5) is 28.6. The SMILES string of the molecule is CCN1C[C@@H](COC(=O)c2cscn2)CC1=O. The molecule has 0 aliphatic carbocycles. The van der Waals surface area contributed by atoms with Crippen molar-refractivity contribution >= 4 is 23.2 Å². The van der Waals surface area contributed by atoms with Crippen LogP contribution in [0.4, 0.5) is 0 Å². The second kappa shape index (κ2) is 5.27.